The highest BCUT2D eigenvalue weighted by Crippen LogP contribution is 2.20. The van der Waals surface area contributed by atoms with E-state index in [0.29, 0.717) is 16.9 Å². The van der Waals surface area contributed by atoms with Gasteiger partial charge < -0.3 is 9.84 Å². The van der Waals surface area contributed by atoms with Crippen LogP contribution in [0, 0.1) is 0 Å². The summed E-state index contributed by atoms with van der Waals surface area (Å²) in [5.41, 5.74) is 1.21. The third-order valence-corrected chi connectivity index (χ3v) is 1.98. The Morgan fingerprint density at radius 2 is 2.25 bits per heavy atom. The number of carboxylic acids is 1. The minimum atomic E-state index is -0.901. The Balaban J connectivity index is 2.95. The van der Waals surface area contributed by atoms with Crippen LogP contribution in [0.4, 0.5) is 0 Å². The number of hydrogen-bond acceptors (Lipinski definition) is 3. The zero-order valence-corrected chi connectivity index (χ0v) is 8.84. The van der Waals surface area contributed by atoms with Crippen molar-refractivity contribution in [1.82, 2.24) is 0 Å². The van der Waals surface area contributed by atoms with Crippen LogP contribution in [0.1, 0.15) is 22.3 Å². The zero-order chi connectivity index (χ0) is 12.0. The fourth-order valence-corrected chi connectivity index (χ4v) is 1.24. The molecule has 1 N–H and O–H groups in total. The second-order valence-corrected chi connectivity index (χ2v) is 3.12. The first-order valence-electron chi connectivity index (χ1n) is 4.69. The van der Waals surface area contributed by atoms with Crippen LogP contribution in [0.25, 0.3) is 6.08 Å². The van der Waals surface area contributed by atoms with Crippen LogP contribution in [-0.2, 0) is 4.79 Å². The van der Waals surface area contributed by atoms with E-state index in [9.17, 15) is 9.59 Å². The summed E-state index contributed by atoms with van der Waals surface area (Å²) in [4.78, 5) is 20.9. The van der Waals surface area contributed by atoms with Gasteiger partial charge in [0.15, 0.2) is 0 Å². The van der Waals surface area contributed by atoms with Crippen LogP contribution in [0.2, 0.25) is 0 Å². The Morgan fingerprint density at radius 3 is 2.81 bits per heavy atom. The molecule has 4 nitrogen and oxygen atoms in total. The van der Waals surface area contributed by atoms with Gasteiger partial charge in [-0.3, -0.25) is 9.59 Å². The van der Waals surface area contributed by atoms with E-state index < -0.39 is 5.97 Å². The SMILES string of the molecule is COc1ccc(C=O)cc1C=CCC(=O)O. The maximum atomic E-state index is 10.6. The van der Waals surface area contributed by atoms with E-state index >= 15 is 0 Å². The molecule has 0 fully saturated rings. The van der Waals surface area contributed by atoms with Crippen molar-refractivity contribution in [3.05, 3.63) is 35.4 Å². The molecule has 0 radical (unpaired) electrons. The summed E-state index contributed by atoms with van der Waals surface area (Å²) in [5, 5.41) is 8.48. The molecule has 84 valence electrons. The van der Waals surface area contributed by atoms with Crippen molar-refractivity contribution >= 4 is 18.3 Å². The van der Waals surface area contributed by atoms with Crippen LogP contribution in [0.5, 0.6) is 5.75 Å². The molecule has 1 rings (SSSR count). The summed E-state index contributed by atoms with van der Waals surface area (Å²) in [6.07, 6.45) is 3.80. The molecule has 0 unspecified atom stereocenters. The number of ether oxygens (including phenoxy) is 1. The smallest absolute Gasteiger partial charge is 0.307 e. The molecule has 0 aliphatic carbocycles. The van der Waals surface area contributed by atoms with Crippen LogP contribution in [-0.4, -0.2) is 24.5 Å². The molecule has 0 atom stereocenters. The van der Waals surface area contributed by atoms with Crippen LogP contribution >= 0.6 is 0 Å². The van der Waals surface area contributed by atoms with Gasteiger partial charge in [0.25, 0.3) is 0 Å². The summed E-state index contributed by atoms with van der Waals surface area (Å²) in [6.45, 7) is 0. The lowest BCUT2D eigenvalue weighted by Crippen LogP contribution is -1.91. The molecule has 1 aromatic carbocycles. The van der Waals surface area contributed by atoms with Gasteiger partial charge in [0.2, 0.25) is 0 Å². The number of carbonyl (C=O) groups is 2. The predicted molar refractivity (Wildman–Crippen MR) is 59.7 cm³/mol. The van der Waals surface area contributed by atoms with Crippen LogP contribution < -0.4 is 4.74 Å². The molecule has 0 aliphatic heterocycles. The topological polar surface area (TPSA) is 63.6 Å². The highest BCUT2D eigenvalue weighted by molar-refractivity contribution is 5.78. The quantitative estimate of drug-likeness (QED) is 0.771. The van der Waals surface area contributed by atoms with Crippen molar-refractivity contribution in [3.63, 3.8) is 0 Å². The maximum absolute atomic E-state index is 10.6. The Hall–Kier alpha value is -2.10. The first-order chi connectivity index (χ1) is 7.67. The van der Waals surface area contributed by atoms with E-state index in [4.69, 9.17) is 9.84 Å². The minimum absolute atomic E-state index is 0.0610. The normalized spacial score (nSPS) is 10.3. The minimum Gasteiger partial charge on any atom is -0.496 e. The summed E-state index contributed by atoms with van der Waals surface area (Å²) in [7, 11) is 1.52. The molecule has 4 heteroatoms. The average Bonchev–Trinajstić information content (AvgIpc) is 2.28. The van der Waals surface area contributed by atoms with Crippen LogP contribution in [0.3, 0.4) is 0 Å². The monoisotopic (exact) mass is 220 g/mol. The summed E-state index contributed by atoms with van der Waals surface area (Å²) in [5.74, 6) is -0.297. The first kappa shape index (κ1) is 12.0. The number of carboxylic acid groups (broad SMARTS) is 1. The van der Waals surface area contributed by atoms with Gasteiger partial charge in [-0.2, -0.15) is 0 Å². The molecule has 0 amide bonds. The Kier molecular flexibility index (Phi) is 4.27. The third kappa shape index (κ3) is 3.24. The van der Waals surface area contributed by atoms with Crippen molar-refractivity contribution in [1.29, 1.82) is 0 Å². The predicted octanol–water partition coefficient (Wildman–Crippen LogP) is 2.00. The Labute approximate surface area is 93.2 Å². The van der Waals surface area contributed by atoms with Gasteiger partial charge in [-0.1, -0.05) is 12.2 Å². The molecule has 0 saturated heterocycles. The van der Waals surface area contributed by atoms with Gasteiger partial charge in [0, 0.05) is 11.1 Å². The number of rotatable bonds is 5. The van der Waals surface area contributed by atoms with Gasteiger partial charge in [-0.05, 0) is 18.2 Å². The standard InChI is InChI=1S/C12H12O4/c1-16-11-6-5-9(8-13)7-10(11)3-2-4-12(14)15/h2-3,5-8H,4H2,1H3,(H,14,15). The number of aliphatic carboxylic acids is 1. The molecule has 0 aromatic heterocycles. The fourth-order valence-electron chi connectivity index (χ4n) is 1.24. The molecule has 0 bridgehead atoms. The Bertz CT molecular complexity index is 421. The Morgan fingerprint density at radius 1 is 1.50 bits per heavy atom. The largest absolute Gasteiger partial charge is 0.496 e. The second kappa shape index (κ2) is 5.70. The van der Waals surface area contributed by atoms with Gasteiger partial charge in [0.05, 0.1) is 13.5 Å². The fraction of sp³-hybridized carbons (Fsp3) is 0.167. The van der Waals surface area contributed by atoms with Gasteiger partial charge >= 0.3 is 5.97 Å². The molecular formula is C12H12O4. The van der Waals surface area contributed by atoms with Crippen molar-refractivity contribution < 1.29 is 19.4 Å². The number of hydrogen-bond donors (Lipinski definition) is 1. The summed E-state index contributed by atoms with van der Waals surface area (Å²) < 4.78 is 5.09. The number of benzene rings is 1. The second-order valence-electron chi connectivity index (χ2n) is 3.12. The zero-order valence-electron chi connectivity index (χ0n) is 8.84. The molecule has 1 aromatic rings. The molecule has 0 saturated carbocycles. The van der Waals surface area contributed by atoms with Gasteiger partial charge in [-0.15, -0.1) is 0 Å². The average molecular weight is 220 g/mol. The van der Waals surface area contributed by atoms with Gasteiger partial charge in [0.1, 0.15) is 12.0 Å². The maximum Gasteiger partial charge on any atom is 0.307 e. The first-order valence-corrected chi connectivity index (χ1v) is 4.69. The summed E-state index contributed by atoms with van der Waals surface area (Å²) >= 11 is 0. The van der Waals surface area contributed by atoms with Crippen molar-refractivity contribution in [2.24, 2.45) is 0 Å². The van der Waals surface area contributed by atoms with Crippen molar-refractivity contribution in [3.8, 4) is 5.75 Å². The highest BCUT2D eigenvalue weighted by Gasteiger charge is 2.01. The van der Waals surface area contributed by atoms with Gasteiger partial charge in [-0.25, -0.2) is 0 Å². The molecule has 0 aliphatic rings. The molecule has 16 heavy (non-hydrogen) atoms. The summed E-state index contributed by atoms with van der Waals surface area (Å²) in [6, 6.07) is 4.95. The van der Waals surface area contributed by atoms with Crippen molar-refractivity contribution in [2.45, 2.75) is 6.42 Å². The lowest BCUT2D eigenvalue weighted by Gasteiger charge is -2.04. The van der Waals surface area contributed by atoms with E-state index in [-0.39, 0.29) is 6.42 Å². The van der Waals surface area contributed by atoms with E-state index in [1.165, 1.54) is 13.2 Å². The third-order valence-electron chi connectivity index (χ3n) is 1.98. The highest BCUT2D eigenvalue weighted by atomic mass is 16.5. The lowest BCUT2D eigenvalue weighted by atomic mass is 10.1. The van der Waals surface area contributed by atoms with E-state index in [2.05, 4.69) is 0 Å². The molecular weight excluding hydrogens is 208 g/mol. The number of methoxy groups -OCH3 is 1. The van der Waals surface area contributed by atoms with E-state index in [1.54, 1.807) is 24.3 Å². The number of carbonyl (C=O) groups excluding carboxylic acids is 1. The van der Waals surface area contributed by atoms with Crippen molar-refractivity contribution in [2.75, 3.05) is 7.11 Å². The van der Waals surface area contributed by atoms with E-state index in [0.717, 1.165) is 6.29 Å². The number of aldehydes is 1. The lowest BCUT2D eigenvalue weighted by molar-refractivity contribution is -0.135. The molecule has 0 spiro atoms. The molecule has 0 heterocycles. The van der Waals surface area contributed by atoms with E-state index in [1.807, 2.05) is 0 Å². The van der Waals surface area contributed by atoms with Crippen LogP contribution in [0.15, 0.2) is 24.3 Å².